The second-order valence-electron chi connectivity index (χ2n) is 2.45. The van der Waals surface area contributed by atoms with Crippen molar-refractivity contribution in [1.29, 1.82) is 0 Å². The van der Waals surface area contributed by atoms with Crippen molar-refractivity contribution in [3.8, 4) is 0 Å². The smallest absolute Gasteiger partial charge is 0.242 e. The van der Waals surface area contributed by atoms with E-state index in [0.717, 1.165) is 12.1 Å². The highest BCUT2D eigenvalue weighted by molar-refractivity contribution is 9.10. The van der Waals surface area contributed by atoms with Crippen molar-refractivity contribution < 1.29 is 12.8 Å². The number of alkyl halides is 1. The van der Waals surface area contributed by atoms with Crippen LogP contribution in [0.2, 0.25) is 5.02 Å². The fourth-order valence-electron chi connectivity index (χ4n) is 0.767. The fourth-order valence-corrected chi connectivity index (χ4v) is 1.95. The SMILES string of the molecule is O=S(=O)(CBr)Nc1ccc(F)cc1Cl. The molecule has 0 unspecified atom stereocenters. The maximum absolute atomic E-state index is 12.6. The summed E-state index contributed by atoms with van der Waals surface area (Å²) < 4.78 is 36.7. The van der Waals surface area contributed by atoms with Crippen LogP contribution in [-0.2, 0) is 10.0 Å². The predicted molar refractivity (Wildman–Crippen MR) is 57.7 cm³/mol. The lowest BCUT2D eigenvalue weighted by atomic mass is 10.3. The molecular weight excluding hydrogens is 297 g/mol. The van der Waals surface area contributed by atoms with E-state index in [0.29, 0.717) is 0 Å². The molecule has 0 saturated heterocycles. The third-order valence-corrected chi connectivity index (χ3v) is 4.28. The van der Waals surface area contributed by atoms with Crippen LogP contribution in [0.1, 0.15) is 0 Å². The van der Waals surface area contributed by atoms with E-state index in [1.165, 1.54) is 6.07 Å². The Bertz CT molecular complexity index is 437. The zero-order valence-corrected chi connectivity index (χ0v) is 9.96. The molecule has 0 saturated carbocycles. The van der Waals surface area contributed by atoms with Crippen molar-refractivity contribution in [3.63, 3.8) is 0 Å². The average Bonchev–Trinajstić information content (AvgIpc) is 2.10. The second-order valence-corrected chi connectivity index (χ2v) is 5.88. The van der Waals surface area contributed by atoms with E-state index in [9.17, 15) is 12.8 Å². The van der Waals surface area contributed by atoms with Gasteiger partial charge in [-0.05, 0) is 18.2 Å². The molecule has 0 fully saturated rings. The van der Waals surface area contributed by atoms with Crippen molar-refractivity contribution in [1.82, 2.24) is 0 Å². The highest BCUT2D eigenvalue weighted by Gasteiger charge is 2.10. The Morgan fingerprint density at radius 1 is 1.50 bits per heavy atom. The van der Waals surface area contributed by atoms with Gasteiger partial charge in [0.15, 0.2) is 0 Å². The zero-order chi connectivity index (χ0) is 10.8. The van der Waals surface area contributed by atoms with Gasteiger partial charge in [-0.2, -0.15) is 0 Å². The first kappa shape index (κ1) is 11.7. The predicted octanol–water partition coefficient (Wildman–Crippen LogP) is 2.57. The van der Waals surface area contributed by atoms with Crippen LogP contribution in [0, 0.1) is 5.82 Å². The first-order valence-electron chi connectivity index (χ1n) is 3.46. The van der Waals surface area contributed by atoms with Gasteiger partial charge in [0.25, 0.3) is 0 Å². The van der Waals surface area contributed by atoms with Crippen LogP contribution in [0.5, 0.6) is 0 Å². The molecule has 0 radical (unpaired) electrons. The van der Waals surface area contributed by atoms with Gasteiger partial charge in [0.2, 0.25) is 10.0 Å². The van der Waals surface area contributed by atoms with Gasteiger partial charge in [-0.25, -0.2) is 12.8 Å². The lowest BCUT2D eigenvalue weighted by Gasteiger charge is -2.06. The van der Waals surface area contributed by atoms with Crippen LogP contribution in [0.4, 0.5) is 10.1 Å². The summed E-state index contributed by atoms with van der Waals surface area (Å²) in [6, 6.07) is 3.42. The van der Waals surface area contributed by atoms with Crippen molar-refractivity contribution in [3.05, 3.63) is 29.0 Å². The number of anilines is 1. The topological polar surface area (TPSA) is 46.2 Å². The molecule has 0 bridgehead atoms. The largest absolute Gasteiger partial charge is 0.281 e. The Balaban J connectivity index is 2.99. The summed E-state index contributed by atoms with van der Waals surface area (Å²) in [4.78, 5) is 0. The van der Waals surface area contributed by atoms with Crippen LogP contribution >= 0.6 is 27.5 Å². The van der Waals surface area contributed by atoms with E-state index >= 15 is 0 Å². The first-order valence-corrected chi connectivity index (χ1v) is 6.61. The number of halogens is 3. The standard InChI is InChI=1S/C7H6BrClFNO2S/c8-4-14(12,13)11-7-2-1-5(10)3-6(7)9/h1-3,11H,4H2. The molecule has 78 valence electrons. The van der Waals surface area contributed by atoms with Crippen molar-refractivity contribution in [2.24, 2.45) is 0 Å². The van der Waals surface area contributed by atoms with Crippen LogP contribution < -0.4 is 4.72 Å². The Labute approximate surface area is 94.4 Å². The third kappa shape index (κ3) is 3.11. The van der Waals surface area contributed by atoms with Crippen LogP contribution in [-0.4, -0.2) is 13.1 Å². The number of sulfonamides is 1. The fraction of sp³-hybridized carbons (Fsp3) is 0.143. The molecule has 0 atom stereocenters. The van der Waals surface area contributed by atoms with E-state index < -0.39 is 15.8 Å². The molecule has 14 heavy (non-hydrogen) atoms. The maximum atomic E-state index is 12.6. The van der Waals surface area contributed by atoms with Crippen LogP contribution in [0.15, 0.2) is 18.2 Å². The summed E-state index contributed by atoms with van der Waals surface area (Å²) >= 11 is 8.41. The van der Waals surface area contributed by atoms with Gasteiger partial charge < -0.3 is 0 Å². The molecule has 0 aliphatic carbocycles. The molecule has 0 spiro atoms. The maximum Gasteiger partial charge on any atom is 0.242 e. The molecule has 0 aliphatic heterocycles. The molecule has 1 aromatic carbocycles. The molecule has 1 aromatic rings. The lowest BCUT2D eigenvalue weighted by Crippen LogP contribution is -2.13. The van der Waals surface area contributed by atoms with Crippen LogP contribution in [0.25, 0.3) is 0 Å². The van der Waals surface area contributed by atoms with E-state index in [-0.39, 0.29) is 15.4 Å². The normalized spacial score (nSPS) is 11.4. The minimum absolute atomic E-state index is 0.0227. The van der Waals surface area contributed by atoms with Gasteiger partial charge in [0, 0.05) is 0 Å². The number of benzene rings is 1. The molecule has 7 heteroatoms. The second kappa shape index (κ2) is 4.46. The summed E-state index contributed by atoms with van der Waals surface area (Å²) in [5.41, 5.74) is 0.160. The summed E-state index contributed by atoms with van der Waals surface area (Å²) in [6.07, 6.45) is 0. The third-order valence-electron chi connectivity index (χ3n) is 1.34. The quantitative estimate of drug-likeness (QED) is 0.872. The minimum Gasteiger partial charge on any atom is -0.281 e. The highest BCUT2D eigenvalue weighted by Crippen LogP contribution is 2.23. The molecule has 0 amide bonds. The molecule has 1 N–H and O–H groups in total. The van der Waals surface area contributed by atoms with Gasteiger partial charge in [0.05, 0.1) is 10.7 Å². The monoisotopic (exact) mass is 301 g/mol. The Morgan fingerprint density at radius 2 is 2.14 bits per heavy atom. The summed E-state index contributed by atoms with van der Waals surface area (Å²) in [5, 5.41) is 0.0227. The first-order chi connectivity index (χ1) is 6.44. The van der Waals surface area contributed by atoms with Crippen molar-refractivity contribution in [2.45, 2.75) is 0 Å². The average molecular weight is 303 g/mol. The molecule has 3 nitrogen and oxygen atoms in total. The van der Waals surface area contributed by atoms with Gasteiger partial charge in [-0.15, -0.1) is 0 Å². The lowest BCUT2D eigenvalue weighted by molar-refractivity contribution is 0.605. The van der Waals surface area contributed by atoms with E-state index in [2.05, 4.69) is 20.7 Å². The highest BCUT2D eigenvalue weighted by atomic mass is 79.9. The molecule has 1 rings (SSSR count). The van der Waals surface area contributed by atoms with E-state index in [1.807, 2.05) is 0 Å². The Kier molecular flexibility index (Phi) is 3.74. The number of nitrogens with one attached hydrogen (secondary N) is 1. The van der Waals surface area contributed by atoms with Crippen molar-refractivity contribution >= 4 is 43.2 Å². The van der Waals surface area contributed by atoms with E-state index in [4.69, 9.17) is 11.6 Å². The van der Waals surface area contributed by atoms with Gasteiger partial charge in [-0.3, -0.25) is 4.72 Å². The van der Waals surface area contributed by atoms with Gasteiger partial charge >= 0.3 is 0 Å². The Morgan fingerprint density at radius 3 is 2.64 bits per heavy atom. The molecule has 0 aliphatic rings. The molecule has 0 heterocycles. The number of hydrogen-bond donors (Lipinski definition) is 1. The Hall–Kier alpha value is -0.330. The van der Waals surface area contributed by atoms with Gasteiger partial charge in [0.1, 0.15) is 10.5 Å². The minimum atomic E-state index is -3.45. The van der Waals surface area contributed by atoms with E-state index in [1.54, 1.807) is 0 Å². The molecule has 0 aromatic heterocycles. The zero-order valence-electron chi connectivity index (χ0n) is 6.80. The summed E-state index contributed by atoms with van der Waals surface area (Å²) in [7, 11) is -3.45. The van der Waals surface area contributed by atoms with Crippen LogP contribution in [0.3, 0.4) is 0 Å². The summed E-state index contributed by atoms with van der Waals surface area (Å²) in [6.45, 7) is 0. The van der Waals surface area contributed by atoms with Gasteiger partial charge in [-0.1, -0.05) is 27.5 Å². The summed E-state index contributed by atoms with van der Waals surface area (Å²) in [5.74, 6) is -0.517. The van der Waals surface area contributed by atoms with Crippen molar-refractivity contribution in [2.75, 3.05) is 9.38 Å². The number of hydrogen-bond acceptors (Lipinski definition) is 2. The number of rotatable bonds is 3. The molecular formula is C7H6BrClFNO2S.